The van der Waals surface area contributed by atoms with Crippen LogP contribution in [0.15, 0.2) is 47.4 Å². The first-order valence-corrected chi connectivity index (χ1v) is 10.1. The summed E-state index contributed by atoms with van der Waals surface area (Å²) in [7, 11) is 1.49. The van der Waals surface area contributed by atoms with Crippen LogP contribution in [0.4, 0.5) is 5.69 Å². The normalized spacial score (nSPS) is 11.3. The van der Waals surface area contributed by atoms with Crippen molar-refractivity contribution in [3.63, 3.8) is 0 Å². The monoisotopic (exact) mass is 392 g/mol. The highest BCUT2D eigenvalue weighted by Crippen LogP contribution is 2.31. The molecule has 2 aromatic rings. The van der Waals surface area contributed by atoms with Crippen molar-refractivity contribution in [3.05, 3.63) is 48.0 Å². The number of nitrogens with one attached hydrogen (secondary N) is 1. The van der Waals surface area contributed by atoms with E-state index in [2.05, 4.69) is 5.32 Å². The lowest BCUT2D eigenvalue weighted by molar-refractivity contribution is -0.117. The molecule has 0 aliphatic heterocycles. The van der Waals surface area contributed by atoms with Gasteiger partial charge in [-0.2, -0.15) is 0 Å². The van der Waals surface area contributed by atoms with Crippen LogP contribution in [0.5, 0.6) is 11.5 Å². The van der Waals surface area contributed by atoms with Gasteiger partial charge in [-0.25, -0.2) is 8.42 Å². The standard InChI is InChI=1S/C19H24N2O5S/c1-21(12-14-8-7-10-16(25-2)19(14)26-3)13-18(22)20-15-9-5-6-11-17(15)27(4,23)24/h5-11H,12-13H2,1-4H3,(H,20,22). The van der Waals surface area contributed by atoms with Crippen LogP contribution < -0.4 is 14.8 Å². The molecule has 0 spiro atoms. The van der Waals surface area contributed by atoms with E-state index in [1.165, 1.54) is 6.07 Å². The molecule has 0 saturated carbocycles. The third kappa shape index (κ3) is 5.45. The van der Waals surface area contributed by atoms with Crippen molar-refractivity contribution in [2.45, 2.75) is 11.4 Å². The number of anilines is 1. The molecule has 2 rings (SSSR count). The molecule has 2 aromatic carbocycles. The molecule has 0 radical (unpaired) electrons. The summed E-state index contributed by atoms with van der Waals surface area (Å²) in [6, 6.07) is 11.9. The molecule has 0 aromatic heterocycles. The van der Waals surface area contributed by atoms with Gasteiger partial charge < -0.3 is 14.8 Å². The second-order valence-electron chi connectivity index (χ2n) is 6.14. The topological polar surface area (TPSA) is 84.9 Å². The maximum Gasteiger partial charge on any atom is 0.238 e. The van der Waals surface area contributed by atoms with Crippen LogP contribution in [-0.2, 0) is 21.2 Å². The fourth-order valence-corrected chi connectivity index (χ4v) is 3.60. The zero-order chi connectivity index (χ0) is 20.0. The van der Waals surface area contributed by atoms with Gasteiger partial charge in [-0.1, -0.05) is 24.3 Å². The van der Waals surface area contributed by atoms with Crippen molar-refractivity contribution in [2.24, 2.45) is 0 Å². The fourth-order valence-electron chi connectivity index (χ4n) is 2.75. The molecule has 0 aliphatic carbocycles. The van der Waals surface area contributed by atoms with Crippen LogP contribution in [0.2, 0.25) is 0 Å². The molecule has 0 atom stereocenters. The van der Waals surface area contributed by atoms with Crippen molar-refractivity contribution in [1.29, 1.82) is 0 Å². The van der Waals surface area contributed by atoms with Gasteiger partial charge in [0.2, 0.25) is 5.91 Å². The molecule has 0 fully saturated rings. The van der Waals surface area contributed by atoms with Crippen LogP contribution in [-0.4, -0.2) is 53.3 Å². The number of sulfone groups is 1. The Kier molecular flexibility index (Phi) is 6.81. The average Bonchev–Trinajstić information content (AvgIpc) is 2.60. The smallest absolute Gasteiger partial charge is 0.238 e. The van der Waals surface area contributed by atoms with E-state index in [1.807, 2.05) is 12.1 Å². The number of amides is 1. The zero-order valence-electron chi connectivity index (χ0n) is 15.9. The minimum atomic E-state index is -3.43. The van der Waals surface area contributed by atoms with E-state index >= 15 is 0 Å². The Morgan fingerprint density at radius 1 is 1.07 bits per heavy atom. The quantitative estimate of drug-likeness (QED) is 0.741. The Morgan fingerprint density at radius 3 is 2.41 bits per heavy atom. The summed E-state index contributed by atoms with van der Waals surface area (Å²) in [4.78, 5) is 14.3. The van der Waals surface area contributed by atoms with Crippen molar-refractivity contribution in [1.82, 2.24) is 4.90 Å². The average molecular weight is 392 g/mol. The van der Waals surface area contributed by atoms with Crippen molar-refractivity contribution in [2.75, 3.05) is 39.4 Å². The maximum absolute atomic E-state index is 12.4. The van der Waals surface area contributed by atoms with Gasteiger partial charge in [0.1, 0.15) is 0 Å². The summed E-state index contributed by atoms with van der Waals surface area (Å²) in [6.45, 7) is 0.542. The Hall–Kier alpha value is -2.58. The van der Waals surface area contributed by atoms with E-state index in [9.17, 15) is 13.2 Å². The summed E-state index contributed by atoms with van der Waals surface area (Å²) in [5.41, 5.74) is 1.15. The van der Waals surface area contributed by atoms with Crippen LogP contribution in [0.3, 0.4) is 0 Å². The molecule has 0 aliphatic rings. The van der Waals surface area contributed by atoms with Crippen LogP contribution in [0.1, 0.15) is 5.56 Å². The minimum absolute atomic E-state index is 0.0818. The molecular weight excluding hydrogens is 368 g/mol. The highest BCUT2D eigenvalue weighted by molar-refractivity contribution is 7.90. The summed E-state index contributed by atoms with van der Waals surface area (Å²) < 4.78 is 34.4. The number of nitrogens with zero attached hydrogens (tertiary/aromatic N) is 1. The molecular formula is C19H24N2O5S. The number of methoxy groups -OCH3 is 2. The fraction of sp³-hybridized carbons (Fsp3) is 0.316. The van der Waals surface area contributed by atoms with Crippen LogP contribution in [0, 0.1) is 0 Å². The number of hydrogen-bond acceptors (Lipinski definition) is 6. The second-order valence-corrected chi connectivity index (χ2v) is 8.13. The first-order chi connectivity index (χ1) is 12.8. The summed E-state index contributed by atoms with van der Waals surface area (Å²) in [6.07, 6.45) is 1.11. The lowest BCUT2D eigenvalue weighted by atomic mass is 10.1. The molecule has 8 heteroatoms. The Balaban J connectivity index is 2.08. The van der Waals surface area contributed by atoms with Crippen molar-refractivity contribution >= 4 is 21.4 Å². The van der Waals surface area contributed by atoms with E-state index in [4.69, 9.17) is 9.47 Å². The molecule has 1 N–H and O–H groups in total. The number of carbonyl (C=O) groups excluding carboxylic acids is 1. The molecule has 146 valence electrons. The molecule has 0 bridgehead atoms. The predicted molar refractivity (Wildman–Crippen MR) is 104 cm³/mol. The number of carbonyl (C=O) groups is 1. The van der Waals surface area contributed by atoms with Gasteiger partial charge in [0.15, 0.2) is 21.3 Å². The van der Waals surface area contributed by atoms with Gasteiger partial charge in [-0.05, 0) is 25.2 Å². The van der Waals surface area contributed by atoms with Gasteiger partial charge >= 0.3 is 0 Å². The number of hydrogen-bond donors (Lipinski definition) is 1. The molecule has 7 nitrogen and oxygen atoms in total. The number of benzene rings is 2. The third-order valence-corrected chi connectivity index (χ3v) is 5.05. The van der Waals surface area contributed by atoms with Crippen LogP contribution >= 0.6 is 0 Å². The highest BCUT2D eigenvalue weighted by atomic mass is 32.2. The van der Waals surface area contributed by atoms with Crippen molar-refractivity contribution in [3.8, 4) is 11.5 Å². The maximum atomic E-state index is 12.4. The van der Waals surface area contributed by atoms with E-state index in [-0.39, 0.29) is 23.0 Å². The van der Waals surface area contributed by atoms with E-state index in [0.29, 0.717) is 18.0 Å². The molecule has 0 heterocycles. The molecule has 0 unspecified atom stereocenters. The first-order valence-electron chi connectivity index (χ1n) is 8.23. The highest BCUT2D eigenvalue weighted by Gasteiger charge is 2.17. The lowest BCUT2D eigenvalue weighted by Gasteiger charge is -2.19. The Bertz CT molecular complexity index is 912. The largest absolute Gasteiger partial charge is 0.493 e. The lowest BCUT2D eigenvalue weighted by Crippen LogP contribution is -2.30. The van der Waals surface area contributed by atoms with Gasteiger partial charge in [-0.3, -0.25) is 9.69 Å². The minimum Gasteiger partial charge on any atom is -0.493 e. The second kappa shape index (κ2) is 8.88. The van der Waals surface area contributed by atoms with Gasteiger partial charge in [0, 0.05) is 18.4 Å². The van der Waals surface area contributed by atoms with E-state index in [0.717, 1.165) is 11.8 Å². The van der Waals surface area contributed by atoms with Gasteiger partial charge in [-0.15, -0.1) is 0 Å². The predicted octanol–water partition coefficient (Wildman–Crippen LogP) is 2.18. The number of rotatable bonds is 8. The SMILES string of the molecule is COc1cccc(CN(C)CC(=O)Nc2ccccc2S(C)(=O)=O)c1OC. The summed E-state index contributed by atoms with van der Waals surface area (Å²) in [5.74, 6) is 0.931. The number of para-hydroxylation sites is 2. The summed E-state index contributed by atoms with van der Waals surface area (Å²) in [5, 5.41) is 2.67. The molecule has 0 saturated heterocycles. The zero-order valence-corrected chi connectivity index (χ0v) is 16.7. The molecule has 27 heavy (non-hydrogen) atoms. The molecule has 1 amide bonds. The number of likely N-dealkylation sites (N-methyl/N-ethyl adjacent to an activating group) is 1. The van der Waals surface area contributed by atoms with Gasteiger partial charge in [0.25, 0.3) is 0 Å². The summed E-state index contributed by atoms with van der Waals surface area (Å²) >= 11 is 0. The van der Waals surface area contributed by atoms with E-state index in [1.54, 1.807) is 50.4 Å². The van der Waals surface area contributed by atoms with E-state index < -0.39 is 9.84 Å². The Morgan fingerprint density at radius 2 is 1.78 bits per heavy atom. The first kappa shape index (κ1) is 20.7. The number of ether oxygens (including phenoxy) is 2. The third-order valence-electron chi connectivity index (χ3n) is 3.90. The Labute approximate surface area is 159 Å². The van der Waals surface area contributed by atoms with Gasteiger partial charge in [0.05, 0.1) is 31.3 Å². The van der Waals surface area contributed by atoms with Crippen molar-refractivity contribution < 1.29 is 22.7 Å². The van der Waals surface area contributed by atoms with Crippen LogP contribution in [0.25, 0.3) is 0 Å².